The van der Waals surface area contributed by atoms with Gasteiger partial charge in [-0.2, -0.15) is 0 Å². The highest BCUT2D eigenvalue weighted by molar-refractivity contribution is 5.18. The Morgan fingerprint density at radius 3 is 2.67 bits per heavy atom. The van der Waals surface area contributed by atoms with Gasteiger partial charge in [0, 0.05) is 10.2 Å². The Balaban J connectivity index is 2.65. The molecule has 0 fully saturated rings. The lowest BCUT2D eigenvalue weighted by molar-refractivity contribution is 0.140. The summed E-state index contributed by atoms with van der Waals surface area (Å²) in [5.74, 6) is 0. The van der Waals surface area contributed by atoms with E-state index in [-0.39, 0.29) is 0 Å². The first-order valence-corrected chi connectivity index (χ1v) is 3.91. The van der Waals surface area contributed by atoms with Gasteiger partial charge in [0.1, 0.15) is 0 Å². The molecular formula is C10H15NO. The number of nitrogens with one attached hydrogen (secondary N) is 1. The van der Waals surface area contributed by atoms with Crippen molar-refractivity contribution in [2.24, 2.45) is 0 Å². The van der Waals surface area contributed by atoms with Gasteiger partial charge in [-0.15, -0.1) is 0 Å². The van der Waals surface area contributed by atoms with E-state index < -0.39 is 19.1 Å². The molecule has 1 aromatic rings. The van der Waals surface area contributed by atoms with Crippen LogP contribution >= 0.6 is 0 Å². The van der Waals surface area contributed by atoms with Crippen molar-refractivity contribution < 1.29 is 9.22 Å². The molecule has 0 radical (unpaired) electrons. The molecule has 0 saturated heterocycles. The van der Waals surface area contributed by atoms with Crippen molar-refractivity contribution >= 4 is 0 Å². The molecule has 0 saturated carbocycles. The van der Waals surface area contributed by atoms with Crippen molar-refractivity contribution in [3.05, 3.63) is 35.9 Å². The Hall–Kier alpha value is -0.860. The molecule has 2 heteroatoms. The average molecular weight is 168 g/mol. The number of aliphatic hydroxyl groups is 1. The second kappa shape index (κ2) is 4.24. The standard InChI is InChI=1S/C10H15NO/c1-8(11-2)10(12)9-6-4-3-5-7-9/h3-8,10-12H,1-2H3/t8-,10-/m0/s1/i2D3. The molecule has 0 unspecified atom stereocenters. The molecule has 0 amide bonds. The van der Waals surface area contributed by atoms with E-state index in [1.54, 1.807) is 31.2 Å². The molecular weight excluding hydrogens is 150 g/mol. The molecule has 0 aliphatic carbocycles. The van der Waals surface area contributed by atoms with Gasteiger partial charge in [0.2, 0.25) is 0 Å². The second-order valence-corrected chi connectivity index (χ2v) is 2.79. The maximum atomic E-state index is 9.84. The molecule has 2 nitrogen and oxygen atoms in total. The van der Waals surface area contributed by atoms with Crippen LogP contribution in [-0.2, 0) is 0 Å². The van der Waals surface area contributed by atoms with E-state index in [0.717, 1.165) is 0 Å². The van der Waals surface area contributed by atoms with Crippen molar-refractivity contribution in [2.75, 3.05) is 6.98 Å². The van der Waals surface area contributed by atoms with Crippen LogP contribution in [-0.4, -0.2) is 18.1 Å². The van der Waals surface area contributed by atoms with Crippen molar-refractivity contribution in [3.8, 4) is 0 Å². The zero-order valence-corrected chi connectivity index (χ0v) is 6.99. The van der Waals surface area contributed by atoms with Crippen molar-refractivity contribution in [2.45, 2.75) is 19.1 Å². The summed E-state index contributed by atoms with van der Waals surface area (Å²) in [6, 6.07) is 8.48. The normalized spacial score (nSPS) is 20.3. The summed E-state index contributed by atoms with van der Waals surface area (Å²) in [6.07, 6.45) is -0.813. The number of aliphatic hydroxyl groups excluding tert-OH is 1. The zero-order valence-electron chi connectivity index (χ0n) is 9.99. The summed E-state index contributed by atoms with van der Waals surface area (Å²) in [5.41, 5.74) is 0.710. The quantitative estimate of drug-likeness (QED) is 0.713. The van der Waals surface area contributed by atoms with Crippen LogP contribution < -0.4 is 5.32 Å². The fraction of sp³-hybridized carbons (Fsp3) is 0.400. The third kappa shape index (κ3) is 2.06. The van der Waals surface area contributed by atoms with Gasteiger partial charge in [-0.1, -0.05) is 30.3 Å². The maximum Gasteiger partial charge on any atom is 0.0940 e. The minimum atomic E-state index is -2.23. The maximum absolute atomic E-state index is 9.84. The highest BCUT2D eigenvalue weighted by atomic mass is 16.3. The van der Waals surface area contributed by atoms with E-state index in [9.17, 15) is 5.11 Å². The molecule has 1 rings (SSSR count). The van der Waals surface area contributed by atoms with E-state index in [1.165, 1.54) is 0 Å². The second-order valence-electron chi connectivity index (χ2n) is 2.79. The largest absolute Gasteiger partial charge is 0.387 e. The van der Waals surface area contributed by atoms with Crippen molar-refractivity contribution in [1.29, 1.82) is 0 Å². The SMILES string of the molecule is [2H]C([2H])([2H])N[C@@H](C)[C@H](O)c1ccccc1. The molecule has 0 aliphatic heterocycles. The Morgan fingerprint density at radius 2 is 2.08 bits per heavy atom. The Kier molecular flexibility index (Phi) is 2.02. The fourth-order valence-corrected chi connectivity index (χ4v) is 1.02. The van der Waals surface area contributed by atoms with Gasteiger partial charge in [0.15, 0.2) is 0 Å². The molecule has 0 aromatic heterocycles. The minimum absolute atomic E-state index is 0.514. The molecule has 0 heterocycles. The predicted octanol–water partition coefficient (Wildman–Crippen LogP) is 1.33. The summed E-state index contributed by atoms with van der Waals surface area (Å²) in [4.78, 5) is 0. The lowest BCUT2D eigenvalue weighted by atomic mass is 10.0. The summed E-state index contributed by atoms with van der Waals surface area (Å²) in [5, 5.41) is 12.2. The Morgan fingerprint density at radius 1 is 1.42 bits per heavy atom. The molecule has 2 atom stereocenters. The first kappa shape index (κ1) is 5.73. The Labute approximate surface area is 77.5 Å². The average Bonchev–Trinajstić information content (AvgIpc) is 2.15. The van der Waals surface area contributed by atoms with Crippen molar-refractivity contribution in [3.63, 3.8) is 0 Å². The zero-order chi connectivity index (χ0) is 11.5. The first-order valence-electron chi connectivity index (χ1n) is 5.41. The van der Waals surface area contributed by atoms with Crippen LogP contribution in [0.3, 0.4) is 0 Å². The third-order valence-corrected chi connectivity index (χ3v) is 1.84. The van der Waals surface area contributed by atoms with E-state index >= 15 is 0 Å². The van der Waals surface area contributed by atoms with Crippen LogP contribution in [0.2, 0.25) is 0 Å². The summed E-state index contributed by atoms with van der Waals surface area (Å²) >= 11 is 0. The predicted molar refractivity (Wildman–Crippen MR) is 49.9 cm³/mol. The molecule has 2 N–H and O–H groups in total. The van der Waals surface area contributed by atoms with Gasteiger partial charge in [-0.3, -0.25) is 0 Å². The number of hydrogen-bond donors (Lipinski definition) is 2. The van der Waals surface area contributed by atoms with Gasteiger partial charge in [0.25, 0.3) is 0 Å². The monoisotopic (exact) mass is 168 g/mol. The number of benzene rings is 1. The van der Waals surface area contributed by atoms with Gasteiger partial charge < -0.3 is 10.4 Å². The smallest absolute Gasteiger partial charge is 0.0940 e. The Bertz CT molecular complexity index is 299. The van der Waals surface area contributed by atoms with Crippen LogP contribution in [0.5, 0.6) is 0 Å². The molecule has 0 spiro atoms. The lowest BCUT2D eigenvalue weighted by Gasteiger charge is -2.17. The van der Waals surface area contributed by atoms with E-state index in [1.807, 2.05) is 6.07 Å². The summed E-state index contributed by atoms with van der Waals surface area (Å²) in [7, 11) is 0. The third-order valence-electron chi connectivity index (χ3n) is 1.84. The van der Waals surface area contributed by atoms with Crippen molar-refractivity contribution in [1.82, 2.24) is 5.32 Å². The van der Waals surface area contributed by atoms with Gasteiger partial charge in [0.05, 0.1) is 6.10 Å². The molecule has 12 heavy (non-hydrogen) atoms. The van der Waals surface area contributed by atoms with Gasteiger partial charge >= 0.3 is 0 Å². The molecule has 66 valence electrons. The van der Waals surface area contributed by atoms with Crippen LogP contribution in [0.25, 0.3) is 0 Å². The van der Waals surface area contributed by atoms with E-state index in [4.69, 9.17) is 4.11 Å². The van der Waals surface area contributed by atoms with Crippen LogP contribution in [0.4, 0.5) is 0 Å². The highest BCUT2D eigenvalue weighted by Gasteiger charge is 2.12. The fourth-order valence-electron chi connectivity index (χ4n) is 1.02. The molecule has 0 aliphatic rings. The minimum Gasteiger partial charge on any atom is -0.387 e. The number of rotatable bonds is 3. The lowest BCUT2D eigenvalue weighted by Crippen LogP contribution is -2.28. The van der Waals surface area contributed by atoms with Gasteiger partial charge in [-0.25, -0.2) is 0 Å². The summed E-state index contributed by atoms with van der Waals surface area (Å²) < 4.78 is 21.1. The number of hydrogen-bond acceptors (Lipinski definition) is 2. The van der Waals surface area contributed by atoms with Crippen LogP contribution in [0, 0.1) is 0 Å². The van der Waals surface area contributed by atoms with E-state index in [0.29, 0.717) is 5.56 Å². The van der Waals surface area contributed by atoms with Crippen LogP contribution in [0.15, 0.2) is 30.3 Å². The van der Waals surface area contributed by atoms with E-state index in [2.05, 4.69) is 5.32 Å². The first-order chi connectivity index (χ1) is 6.90. The highest BCUT2D eigenvalue weighted by Crippen LogP contribution is 2.15. The topological polar surface area (TPSA) is 32.3 Å². The van der Waals surface area contributed by atoms with Crippen LogP contribution in [0.1, 0.15) is 22.7 Å². The van der Waals surface area contributed by atoms with Gasteiger partial charge in [-0.05, 0) is 19.5 Å². The molecule has 1 aromatic carbocycles. The number of likely N-dealkylation sites (N-methyl/N-ethyl adjacent to an activating group) is 1. The summed E-state index contributed by atoms with van der Waals surface area (Å²) in [6.45, 7) is -0.584. The molecule has 0 bridgehead atoms.